The van der Waals surface area contributed by atoms with Gasteiger partial charge in [-0.25, -0.2) is 4.79 Å². The topological polar surface area (TPSA) is 66.4 Å². The standard InChI is InChI=1S/C13H14ClNO3/c14-10-5-1-8(2-6-10)7-11(13(17)18)15-12(16)9-3-4-9/h1-2,5-6,9,11H,3-4,7H2,(H,15,16)(H,17,18)/t11-/m1/s1. The molecule has 0 heterocycles. The Balaban J connectivity index is 1.99. The Bertz CT molecular complexity index is 454. The molecule has 2 rings (SSSR count). The fourth-order valence-corrected chi connectivity index (χ4v) is 1.82. The lowest BCUT2D eigenvalue weighted by Gasteiger charge is -2.14. The van der Waals surface area contributed by atoms with Crippen molar-refractivity contribution in [2.24, 2.45) is 5.92 Å². The van der Waals surface area contributed by atoms with E-state index in [9.17, 15) is 9.59 Å². The summed E-state index contributed by atoms with van der Waals surface area (Å²) in [4.78, 5) is 22.7. The van der Waals surface area contributed by atoms with Gasteiger partial charge in [0.2, 0.25) is 5.91 Å². The van der Waals surface area contributed by atoms with E-state index in [0.29, 0.717) is 5.02 Å². The Kier molecular flexibility index (Phi) is 3.87. The number of carboxylic acids is 1. The second-order valence-electron chi connectivity index (χ2n) is 4.50. The molecule has 4 nitrogen and oxygen atoms in total. The zero-order valence-electron chi connectivity index (χ0n) is 9.73. The van der Waals surface area contributed by atoms with E-state index in [0.717, 1.165) is 18.4 Å². The van der Waals surface area contributed by atoms with Crippen molar-refractivity contribution in [1.29, 1.82) is 0 Å². The Morgan fingerprint density at radius 2 is 1.94 bits per heavy atom. The quantitative estimate of drug-likeness (QED) is 0.856. The Morgan fingerprint density at radius 1 is 1.33 bits per heavy atom. The second kappa shape index (κ2) is 5.40. The highest BCUT2D eigenvalue weighted by atomic mass is 35.5. The molecule has 0 radical (unpaired) electrons. The molecule has 1 amide bonds. The summed E-state index contributed by atoms with van der Waals surface area (Å²) in [6, 6.07) is 6.07. The fraction of sp³-hybridized carbons (Fsp3) is 0.385. The van der Waals surface area contributed by atoms with Gasteiger partial charge in [0.15, 0.2) is 0 Å². The van der Waals surface area contributed by atoms with Crippen LogP contribution in [-0.2, 0) is 16.0 Å². The average molecular weight is 268 g/mol. The van der Waals surface area contributed by atoms with Crippen LogP contribution in [0, 0.1) is 5.92 Å². The van der Waals surface area contributed by atoms with Crippen LogP contribution in [0.3, 0.4) is 0 Å². The minimum Gasteiger partial charge on any atom is -0.480 e. The molecule has 0 spiro atoms. The summed E-state index contributed by atoms with van der Waals surface area (Å²) in [5.41, 5.74) is 0.836. The van der Waals surface area contributed by atoms with Crippen molar-refractivity contribution in [2.45, 2.75) is 25.3 Å². The molecule has 0 aromatic heterocycles. The number of rotatable bonds is 5. The summed E-state index contributed by atoms with van der Waals surface area (Å²) in [6.07, 6.45) is 1.99. The van der Waals surface area contributed by atoms with Gasteiger partial charge in [0.05, 0.1) is 0 Å². The van der Waals surface area contributed by atoms with Crippen LogP contribution in [0.1, 0.15) is 18.4 Å². The predicted molar refractivity (Wildman–Crippen MR) is 67.4 cm³/mol. The molecule has 96 valence electrons. The Labute approximate surface area is 110 Å². The molecular weight excluding hydrogens is 254 g/mol. The lowest BCUT2D eigenvalue weighted by atomic mass is 10.1. The van der Waals surface area contributed by atoms with Gasteiger partial charge in [-0.3, -0.25) is 4.79 Å². The van der Waals surface area contributed by atoms with Crippen molar-refractivity contribution in [3.8, 4) is 0 Å². The number of benzene rings is 1. The van der Waals surface area contributed by atoms with E-state index >= 15 is 0 Å². The Morgan fingerprint density at radius 3 is 2.44 bits per heavy atom. The van der Waals surface area contributed by atoms with Gasteiger partial charge in [-0.2, -0.15) is 0 Å². The molecule has 2 N–H and O–H groups in total. The molecular formula is C13H14ClNO3. The minimum atomic E-state index is -1.01. The van der Waals surface area contributed by atoms with Crippen LogP contribution >= 0.6 is 11.6 Å². The molecule has 1 atom stereocenters. The van der Waals surface area contributed by atoms with Crippen molar-refractivity contribution in [2.75, 3.05) is 0 Å². The molecule has 1 aromatic carbocycles. The first kappa shape index (κ1) is 12.9. The zero-order valence-corrected chi connectivity index (χ0v) is 10.5. The highest BCUT2D eigenvalue weighted by Gasteiger charge is 2.32. The van der Waals surface area contributed by atoms with E-state index < -0.39 is 12.0 Å². The molecule has 1 aromatic rings. The van der Waals surface area contributed by atoms with E-state index in [-0.39, 0.29) is 18.2 Å². The molecule has 0 unspecified atom stereocenters. The number of hydrogen-bond acceptors (Lipinski definition) is 2. The lowest BCUT2D eigenvalue weighted by molar-refractivity contribution is -0.142. The fourth-order valence-electron chi connectivity index (χ4n) is 1.69. The zero-order chi connectivity index (χ0) is 13.1. The van der Waals surface area contributed by atoms with E-state index in [4.69, 9.17) is 16.7 Å². The van der Waals surface area contributed by atoms with E-state index in [1.807, 2.05) is 0 Å². The number of carbonyl (C=O) groups is 2. The third-order valence-electron chi connectivity index (χ3n) is 2.92. The number of amides is 1. The SMILES string of the molecule is O=C(N[C@H](Cc1ccc(Cl)cc1)C(=O)O)C1CC1. The first-order chi connectivity index (χ1) is 8.56. The van der Waals surface area contributed by atoms with Gasteiger partial charge in [-0.15, -0.1) is 0 Å². The summed E-state index contributed by atoms with van der Waals surface area (Å²) in [6.45, 7) is 0. The number of halogens is 1. The molecule has 0 bridgehead atoms. The van der Waals surface area contributed by atoms with Crippen LogP contribution in [0.2, 0.25) is 5.02 Å². The number of hydrogen-bond donors (Lipinski definition) is 2. The van der Waals surface area contributed by atoms with Crippen LogP contribution in [0.15, 0.2) is 24.3 Å². The van der Waals surface area contributed by atoms with Gasteiger partial charge in [-0.05, 0) is 30.5 Å². The smallest absolute Gasteiger partial charge is 0.326 e. The Hall–Kier alpha value is -1.55. The third-order valence-corrected chi connectivity index (χ3v) is 3.17. The van der Waals surface area contributed by atoms with Gasteiger partial charge >= 0.3 is 5.97 Å². The summed E-state index contributed by atoms with van der Waals surface area (Å²) < 4.78 is 0. The number of carbonyl (C=O) groups excluding carboxylic acids is 1. The van der Waals surface area contributed by atoms with Gasteiger partial charge in [0.1, 0.15) is 6.04 Å². The summed E-state index contributed by atoms with van der Waals surface area (Å²) in [5.74, 6) is -1.16. The van der Waals surface area contributed by atoms with E-state index in [1.165, 1.54) is 0 Å². The maximum absolute atomic E-state index is 11.6. The van der Waals surface area contributed by atoms with Gasteiger partial charge in [0, 0.05) is 17.4 Å². The largest absolute Gasteiger partial charge is 0.480 e. The summed E-state index contributed by atoms with van der Waals surface area (Å²) in [7, 11) is 0. The lowest BCUT2D eigenvalue weighted by Crippen LogP contribution is -2.43. The van der Waals surface area contributed by atoms with Crippen molar-refractivity contribution in [1.82, 2.24) is 5.32 Å². The minimum absolute atomic E-state index is 0.0112. The maximum Gasteiger partial charge on any atom is 0.326 e. The number of nitrogens with one attached hydrogen (secondary N) is 1. The third kappa shape index (κ3) is 3.47. The number of carboxylic acid groups (broad SMARTS) is 1. The first-order valence-corrected chi connectivity index (χ1v) is 6.21. The predicted octanol–water partition coefficient (Wildman–Crippen LogP) is 1.86. The molecule has 1 aliphatic carbocycles. The van der Waals surface area contributed by atoms with Crippen LogP contribution < -0.4 is 5.32 Å². The van der Waals surface area contributed by atoms with E-state index in [1.54, 1.807) is 24.3 Å². The highest BCUT2D eigenvalue weighted by Crippen LogP contribution is 2.29. The molecule has 1 saturated carbocycles. The second-order valence-corrected chi connectivity index (χ2v) is 4.94. The van der Waals surface area contributed by atoms with Crippen LogP contribution in [-0.4, -0.2) is 23.0 Å². The summed E-state index contributed by atoms with van der Waals surface area (Å²) >= 11 is 5.76. The van der Waals surface area contributed by atoms with Crippen molar-refractivity contribution in [3.63, 3.8) is 0 Å². The summed E-state index contributed by atoms with van der Waals surface area (Å²) in [5, 5.41) is 12.3. The molecule has 18 heavy (non-hydrogen) atoms. The first-order valence-electron chi connectivity index (χ1n) is 5.84. The molecule has 0 aliphatic heterocycles. The van der Waals surface area contributed by atoms with Gasteiger partial charge in [-0.1, -0.05) is 23.7 Å². The van der Waals surface area contributed by atoms with E-state index in [2.05, 4.69) is 5.32 Å². The molecule has 5 heteroatoms. The average Bonchev–Trinajstić information content (AvgIpc) is 3.14. The van der Waals surface area contributed by atoms with Crippen LogP contribution in [0.25, 0.3) is 0 Å². The van der Waals surface area contributed by atoms with Gasteiger partial charge < -0.3 is 10.4 Å². The van der Waals surface area contributed by atoms with Crippen molar-refractivity contribution in [3.05, 3.63) is 34.9 Å². The van der Waals surface area contributed by atoms with Crippen LogP contribution in [0.5, 0.6) is 0 Å². The maximum atomic E-state index is 11.6. The number of aliphatic carboxylic acids is 1. The molecule has 1 aliphatic rings. The monoisotopic (exact) mass is 267 g/mol. The molecule has 1 fully saturated rings. The van der Waals surface area contributed by atoms with Gasteiger partial charge in [0.25, 0.3) is 0 Å². The van der Waals surface area contributed by atoms with Crippen molar-refractivity contribution >= 4 is 23.5 Å². The van der Waals surface area contributed by atoms with Crippen LogP contribution in [0.4, 0.5) is 0 Å². The van der Waals surface area contributed by atoms with Crippen molar-refractivity contribution < 1.29 is 14.7 Å². The molecule has 0 saturated heterocycles. The normalized spacial score (nSPS) is 16.1. The highest BCUT2D eigenvalue weighted by molar-refractivity contribution is 6.30.